The van der Waals surface area contributed by atoms with Crippen LogP contribution in [0.1, 0.15) is 18.1 Å². The molecule has 1 aliphatic rings. The quantitative estimate of drug-likeness (QED) is 0.904. The summed E-state index contributed by atoms with van der Waals surface area (Å²) in [5, 5.41) is 3.10. The summed E-state index contributed by atoms with van der Waals surface area (Å²) in [4.78, 5) is 25.3. The van der Waals surface area contributed by atoms with Crippen LogP contribution >= 0.6 is 0 Å². The molecule has 1 fully saturated rings. The van der Waals surface area contributed by atoms with Crippen molar-refractivity contribution in [1.82, 2.24) is 14.9 Å². The molecule has 0 bridgehead atoms. The normalized spacial score (nSPS) is 15.2. The van der Waals surface area contributed by atoms with E-state index < -0.39 is 0 Å². The van der Waals surface area contributed by atoms with E-state index in [0.717, 1.165) is 49.7 Å². The van der Waals surface area contributed by atoms with Gasteiger partial charge in [0.2, 0.25) is 5.91 Å². The fraction of sp³-hybridized carbons (Fsp3) is 0.421. The van der Waals surface area contributed by atoms with Crippen molar-refractivity contribution in [3.8, 4) is 0 Å². The highest BCUT2D eigenvalue weighted by molar-refractivity contribution is 5.93. The van der Waals surface area contributed by atoms with Crippen molar-refractivity contribution in [2.24, 2.45) is 0 Å². The first-order valence-corrected chi connectivity index (χ1v) is 8.79. The van der Waals surface area contributed by atoms with Crippen LogP contribution in [0.2, 0.25) is 0 Å². The summed E-state index contributed by atoms with van der Waals surface area (Å²) in [6.45, 7) is 7.97. The van der Waals surface area contributed by atoms with E-state index in [0.29, 0.717) is 6.54 Å². The van der Waals surface area contributed by atoms with E-state index >= 15 is 0 Å². The first-order valence-electron chi connectivity index (χ1n) is 8.79. The second-order valence-corrected chi connectivity index (χ2v) is 6.34. The predicted molar refractivity (Wildman–Crippen MR) is 99.9 cm³/mol. The van der Waals surface area contributed by atoms with E-state index in [-0.39, 0.29) is 5.91 Å². The van der Waals surface area contributed by atoms with Crippen molar-refractivity contribution >= 4 is 17.4 Å². The Morgan fingerprint density at radius 3 is 2.68 bits per heavy atom. The lowest BCUT2D eigenvalue weighted by molar-refractivity contribution is -0.117. The van der Waals surface area contributed by atoms with Crippen molar-refractivity contribution in [3.05, 3.63) is 47.9 Å². The molecule has 2 aromatic rings. The molecule has 2 heterocycles. The average molecular weight is 339 g/mol. The van der Waals surface area contributed by atoms with Crippen LogP contribution in [-0.4, -0.2) is 53.5 Å². The standard InChI is InChI=1S/C19H25N5O/c1-3-16-6-4-5-15(2)19(16)22-18(25)14-23-9-11-24(12-10-23)17-13-20-7-8-21-17/h4-8,13H,3,9-12,14H2,1-2H3,(H,22,25). The van der Waals surface area contributed by atoms with E-state index in [1.54, 1.807) is 18.6 Å². The third-order valence-electron chi connectivity index (χ3n) is 4.62. The second-order valence-electron chi connectivity index (χ2n) is 6.34. The molecule has 0 unspecified atom stereocenters. The smallest absolute Gasteiger partial charge is 0.238 e. The van der Waals surface area contributed by atoms with E-state index in [1.165, 1.54) is 5.56 Å². The molecular weight excluding hydrogens is 314 g/mol. The topological polar surface area (TPSA) is 61.4 Å². The molecule has 0 radical (unpaired) electrons. The van der Waals surface area contributed by atoms with Gasteiger partial charge in [0, 0.05) is 44.3 Å². The largest absolute Gasteiger partial charge is 0.353 e. The molecule has 132 valence electrons. The van der Waals surface area contributed by atoms with Gasteiger partial charge in [0.05, 0.1) is 12.7 Å². The molecule has 0 spiro atoms. The first-order chi connectivity index (χ1) is 12.2. The molecule has 0 aliphatic carbocycles. The number of aryl methyl sites for hydroxylation is 2. The number of amides is 1. The third kappa shape index (κ3) is 4.33. The molecule has 1 N–H and O–H groups in total. The number of rotatable bonds is 5. The molecule has 0 atom stereocenters. The SMILES string of the molecule is CCc1cccc(C)c1NC(=O)CN1CCN(c2cnccn2)CC1. The summed E-state index contributed by atoms with van der Waals surface area (Å²) in [6, 6.07) is 6.15. The Hall–Kier alpha value is -2.47. The van der Waals surface area contributed by atoms with Gasteiger partial charge in [-0.3, -0.25) is 14.7 Å². The molecule has 25 heavy (non-hydrogen) atoms. The molecule has 6 nitrogen and oxygen atoms in total. The second kappa shape index (κ2) is 8.07. The van der Waals surface area contributed by atoms with Gasteiger partial charge in [-0.15, -0.1) is 0 Å². The lowest BCUT2D eigenvalue weighted by Gasteiger charge is -2.34. The Labute approximate surface area is 148 Å². The number of piperazine rings is 1. The van der Waals surface area contributed by atoms with Gasteiger partial charge in [0.25, 0.3) is 0 Å². The minimum Gasteiger partial charge on any atom is -0.353 e. The number of nitrogens with zero attached hydrogens (tertiary/aromatic N) is 4. The summed E-state index contributed by atoms with van der Waals surface area (Å²) in [6.07, 6.45) is 6.09. The molecule has 1 aromatic heterocycles. The van der Waals surface area contributed by atoms with Crippen LogP contribution in [0.25, 0.3) is 0 Å². The van der Waals surface area contributed by atoms with Crippen molar-refractivity contribution < 1.29 is 4.79 Å². The molecule has 1 saturated heterocycles. The van der Waals surface area contributed by atoms with Gasteiger partial charge in [0.1, 0.15) is 5.82 Å². The zero-order valence-electron chi connectivity index (χ0n) is 14.9. The van der Waals surface area contributed by atoms with Gasteiger partial charge in [-0.1, -0.05) is 25.1 Å². The summed E-state index contributed by atoms with van der Waals surface area (Å²) in [7, 11) is 0. The predicted octanol–water partition coefficient (Wildman–Crippen LogP) is 2.11. The number of hydrogen-bond donors (Lipinski definition) is 1. The molecule has 1 aliphatic heterocycles. The maximum Gasteiger partial charge on any atom is 0.238 e. The molecule has 1 amide bonds. The Kier molecular flexibility index (Phi) is 5.60. The minimum absolute atomic E-state index is 0.0527. The Morgan fingerprint density at radius 1 is 1.20 bits per heavy atom. The maximum absolute atomic E-state index is 12.5. The number of benzene rings is 1. The van der Waals surface area contributed by atoms with E-state index in [4.69, 9.17) is 0 Å². The molecule has 1 aromatic carbocycles. The van der Waals surface area contributed by atoms with E-state index in [9.17, 15) is 4.79 Å². The average Bonchev–Trinajstić information content (AvgIpc) is 2.65. The van der Waals surface area contributed by atoms with Crippen molar-refractivity contribution in [2.45, 2.75) is 20.3 Å². The number of para-hydroxylation sites is 1. The van der Waals surface area contributed by atoms with Crippen LogP contribution in [0, 0.1) is 6.92 Å². The van der Waals surface area contributed by atoms with Crippen molar-refractivity contribution in [2.75, 3.05) is 42.9 Å². The molecule has 3 rings (SSSR count). The van der Waals surface area contributed by atoms with Gasteiger partial charge in [-0.2, -0.15) is 0 Å². The molecular formula is C19H25N5O. The zero-order valence-corrected chi connectivity index (χ0v) is 14.9. The van der Waals surface area contributed by atoms with Crippen LogP contribution in [0.5, 0.6) is 0 Å². The highest BCUT2D eigenvalue weighted by Crippen LogP contribution is 2.21. The fourth-order valence-electron chi connectivity index (χ4n) is 3.17. The summed E-state index contributed by atoms with van der Waals surface area (Å²) < 4.78 is 0. The van der Waals surface area contributed by atoms with Crippen molar-refractivity contribution in [3.63, 3.8) is 0 Å². The van der Waals surface area contributed by atoms with Crippen LogP contribution in [0.3, 0.4) is 0 Å². The number of carbonyl (C=O) groups is 1. The van der Waals surface area contributed by atoms with Gasteiger partial charge in [0.15, 0.2) is 0 Å². The Balaban J connectivity index is 1.53. The number of anilines is 2. The lowest BCUT2D eigenvalue weighted by atomic mass is 10.1. The lowest BCUT2D eigenvalue weighted by Crippen LogP contribution is -2.49. The summed E-state index contributed by atoms with van der Waals surface area (Å²) in [5.74, 6) is 0.955. The van der Waals surface area contributed by atoms with Crippen molar-refractivity contribution in [1.29, 1.82) is 0 Å². The van der Waals surface area contributed by atoms with Crippen LogP contribution in [0.15, 0.2) is 36.8 Å². The van der Waals surface area contributed by atoms with Gasteiger partial charge < -0.3 is 10.2 Å². The maximum atomic E-state index is 12.5. The zero-order chi connectivity index (χ0) is 17.6. The Morgan fingerprint density at radius 2 is 2.00 bits per heavy atom. The van der Waals surface area contributed by atoms with Crippen LogP contribution in [0.4, 0.5) is 11.5 Å². The number of nitrogens with one attached hydrogen (secondary N) is 1. The van der Waals surface area contributed by atoms with Gasteiger partial charge in [-0.05, 0) is 24.5 Å². The number of aromatic nitrogens is 2. The molecule has 0 saturated carbocycles. The summed E-state index contributed by atoms with van der Waals surface area (Å²) in [5.41, 5.74) is 3.26. The highest BCUT2D eigenvalue weighted by atomic mass is 16.2. The minimum atomic E-state index is 0.0527. The van der Waals surface area contributed by atoms with E-state index in [2.05, 4.69) is 38.1 Å². The Bertz CT molecular complexity index is 711. The summed E-state index contributed by atoms with van der Waals surface area (Å²) >= 11 is 0. The number of carbonyl (C=O) groups excluding carboxylic acids is 1. The van der Waals surface area contributed by atoms with E-state index in [1.807, 2.05) is 19.1 Å². The number of hydrogen-bond acceptors (Lipinski definition) is 5. The van der Waals surface area contributed by atoms with Crippen LogP contribution < -0.4 is 10.2 Å². The van der Waals surface area contributed by atoms with Gasteiger partial charge in [-0.25, -0.2) is 4.98 Å². The highest BCUT2D eigenvalue weighted by Gasteiger charge is 2.20. The van der Waals surface area contributed by atoms with Crippen LogP contribution in [-0.2, 0) is 11.2 Å². The monoisotopic (exact) mass is 339 g/mol. The third-order valence-corrected chi connectivity index (χ3v) is 4.62. The fourth-order valence-corrected chi connectivity index (χ4v) is 3.17. The molecule has 6 heteroatoms. The van der Waals surface area contributed by atoms with Gasteiger partial charge >= 0.3 is 0 Å². The first kappa shape index (κ1) is 17.4.